The summed E-state index contributed by atoms with van der Waals surface area (Å²) in [7, 11) is 0. The highest BCUT2D eigenvalue weighted by Crippen LogP contribution is 2.27. The molecule has 3 aromatic rings. The third kappa shape index (κ3) is 1.57. The normalized spacial score (nSPS) is 10.9. The summed E-state index contributed by atoms with van der Waals surface area (Å²) >= 11 is 0. The van der Waals surface area contributed by atoms with Gasteiger partial charge in [0.15, 0.2) is 0 Å². The van der Waals surface area contributed by atoms with Crippen molar-refractivity contribution in [2.75, 3.05) is 0 Å². The fourth-order valence-corrected chi connectivity index (χ4v) is 2.44. The lowest BCUT2D eigenvalue weighted by Gasteiger charge is -2.08. The summed E-state index contributed by atoms with van der Waals surface area (Å²) in [4.78, 5) is 11.2. The standard InChI is InChI=1S/C15H10O4/c16-14(17)11-6-4-8-5-7-12(15(18)19)10-3-1-2-9(11)13(8)10/h1-7,16-17H,(H,18,19). The molecular formula is C15H10O4. The van der Waals surface area contributed by atoms with Gasteiger partial charge in [-0.05, 0) is 33.7 Å². The number of benzene rings is 3. The maximum absolute atomic E-state index is 11.2. The third-order valence-corrected chi connectivity index (χ3v) is 3.26. The van der Waals surface area contributed by atoms with Crippen molar-refractivity contribution in [3.8, 4) is 0 Å². The number of carboxylic acid groups (broad SMARTS) is 1. The van der Waals surface area contributed by atoms with Crippen molar-refractivity contribution in [1.29, 1.82) is 0 Å². The fourth-order valence-electron chi connectivity index (χ4n) is 2.44. The van der Waals surface area contributed by atoms with E-state index in [9.17, 15) is 20.1 Å². The van der Waals surface area contributed by atoms with Crippen molar-refractivity contribution in [3.05, 3.63) is 53.2 Å². The molecule has 0 aliphatic rings. The Labute approximate surface area is 107 Å². The summed E-state index contributed by atoms with van der Waals surface area (Å²) in [6.45, 7) is 0. The van der Waals surface area contributed by atoms with E-state index in [2.05, 4.69) is 0 Å². The van der Waals surface area contributed by atoms with Crippen LogP contribution in [0.3, 0.4) is 0 Å². The topological polar surface area (TPSA) is 77.8 Å². The maximum atomic E-state index is 11.2. The lowest BCUT2D eigenvalue weighted by atomic mass is 9.96. The molecule has 0 aromatic heterocycles. The summed E-state index contributed by atoms with van der Waals surface area (Å²) in [6, 6.07) is 11.8. The lowest BCUT2D eigenvalue weighted by Crippen LogP contribution is -2.08. The Morgan fingerprint density at radius 3 is 2.21 bits per heavy atom. The molecule has 94 valence electrons. The summed E-state index contributed by atoms with van der Waals surface area (Å²) in [5, 5.41) is 30.9. The largest absolute Gasteiger partial charge is 0.481 e. The number of carboxylic acids is 1. The average Bonchev–Trinajstić information content (AvgIpc) is 2.39. The van der Waals surface area contributed by atoms with Gasteiger partial charge in [0, 0.05) is 0 Å². The SMILES string of the molecule is O=C(O)c1ccc2ccc(=C(O)O)c3cccc1c23. The highest BCUT2D eigenvalue weighted by molar-refractivity contribution is 6.16. The molecule has 0 aliphatic heterocycles. The molecule has 4 nitrogen and oxygen atoms in total. The van der Waals surface area contributed by atoms with Crippen molar-refractivity contribution in [1.82, 2.24) is 0 Å². The average molecular weight is 254 g/mol. The van der Waals surface area contributed by atoms with Crippen LogP contribution in [0.15, 0.2) is 42.5 Å². The van der Waals surface area contributed by atoms with Gasteiger partial charge in [-0.2, -0.15) is 0 Å². The molecule has 0 amide bonds. The molecule has 0 radical (unpaired) electrons. The van der Waals surface area contributed by atoms with Crippen molar-refractivity contribution in [2.24, 2.45) is 0 Å². The molecular weight excluding hydrogens is 244 g/mol. The first kappa shape index (κ1) is 11.3. The van der Waals surface area contributed by atoms with Gasteiger partial charge in [0.1, 0.15) is 0 Å². The molecule has 0 unspecified atom stereocenters. The summed E-state index contributed by atoms with van der Waals surface area (Å²) in [5.41, 5.74) is 0.202. The molecule has 19 heavy (non-hydrogen) atoms. The Kier molecular flexibility index (Phi) is 2.32. The van der Waals surface area contributed by atoms with Crippen molar-refractivity contribution in [2.45, 2.75) is 0 Å². The van der Waals surface area contributed by atoms with Gasteiger partial charge in [-0.3, -0.25) is 0 Å². The van der Waals surface area contributed by atoms with E-state index in [1.807, 2.05) is 0 Å². The van der Waals surface area contributed by atoms with Gasteiger partial charge >= 0.3 is 5.97 Å². The maximum Gasteiger partial charge on any atom is 0.336 e. The quantitative estimate of drug-likeness (QED) is 0.623. The third-order valence-electron chi connectivity index (χ3n) is 3.26. The number of rotatable bonds is 1. The van der Waals surface area contributed by atoms with Gasteiger partial charge in [-0.25, -0.2) is 4.79 Å². The molecule has 0 atom stereocenters. The molecule has 0 heterocycles. The highest BCUT2D eigenvalue weighted by Gasteiger charge is 2.12. The van der Waals surface area contributed by atoms with Crippen LogP contribution in [0.2, 0.25) is 0 Å². The summed E-state index contributed by atoms with van der Waals surface area (Å²) in [5.74, 6) is -1.77. The van der Waals surface area contributed by atoms with E-state index < -0.39 is 11.9 Å². The molecule has 0 fully saturated rings. The van der Waals surface area contributed by atoms with Crippen LogP contribution in [0.4, 0.5) is 0 Å². The zero-order valence-corrected chi connectivity index (χ0v) is 9.79. The van der Waals surface area contributed by atoms with E-state index in [0.717, 1.165) is 10.8 Å². The molecule has 3 rings (SSSR count). The van der Waals surface area contributed by atoms with Crippen LogP contribution in [0.25, 0.3) is 27.5 Å². The molecule has 0 saturated carbocycles. The van der Waals surface area contributed by atoms with Crippen molar-refractivity contribution < 1.29 is 20.1 Å². The Morgan fingerprint density at radius 1 is 0.842 bits per heavy atom. The van der Waals surface area contributed by atoms with Crippen LogP contribution in [-0.4, -0.2) is 21.3 Å². The van der Waals surface area contributed by atoms with Crippen LogP contribution in [0.1, 0.15) is 10.4 Å². The summed E-state index contributed by atoms with van der Waals surface area (Å²) < 4.78 is 0. The Balaban J connectivity index is 2.65. The molecule has 3 aromatic carbocycles. The number of hydrogen-bond acceptors (Lipinski definition) is 3. The Morgan fingerprint density at radius 2 is 1.53 bits per heavy atom. The van der Waals surface area contributed by atoms with E-state index >= 15 is 0 Å². The number of aromatic carboxylic acids is 1. The minimum Gasteiger partial charge on any atom is -0.481 e. The molecule has 4 heteroatoms. The smallest absolute Gasteiger partial charge is 0.336 e. The van der Waals surface area contributed by atoms with Gasteiger partial charge in [-0.15, -0.1) is 0 Å². The minimum absolute atomic E-state index is 0.202. The summed E-state index contributed by atoms with van der Waals surface area (Å²) in [6.07, 6.45) is 0. The number of aliphatic hydroxyl groups excluding tert-OH is 1. The van der Waals surface area contributed by atoms with E-state index in [1.54, 1.807) is 42.5 Å². The van der Waals surface area contributed by atoms with E-state index in [0.29, 0.717) is 16.0 Å². The Bertz CT molecular complexity index is 861. The van der Waals surface area contributed by atoms with Crippen molar-refractivity contribution in [3.63, 3.8) is 0 Å². The number of aliphatic hydroxyl groups is 2. The van der Waals surface area contributed by atoms with Gasteiger partial charge in [-0.1, -0.05) is 30.3 Å². The first-order valence-electron chi connectivity index (χ1n) is 5.69. The predicted octanol–water partition coefficient (Wildman–Crippen LogP) is 2.59. The second kappa shape index (κ2) is 3.88. The second-order valence-electron chi connectivity index (χ2n) is 4.31. The zero-order chi connectivity index (χ0) is 13.6. The van der Waals surface area contributed by atoms with Gasteiger partial charge < -0.3 is 15.3 Å². The van der Waals surface area contributed by atoms with E-state index in [1.165, 1.54) is 0 Å². The predicted molar refractivity (Wildman–Crippen MR) is 72.3 cm³/mol. The van der Waals surface area contributed by atoms with Crippen molar-refractivity contribution >= 4 is 33.5 Å². The number of hydrogen-bond donors (Lipinski definition) is 3. The molecule has 0 bridgehead atoms. The monoisotopic (exact) mass is 254 g/mol. The van der Waals surface area contributed by atoms with Crippen LogP contribution < -0.4 is 5.22 Å². The second-order valence-corrected chi connectivity index (χ2v) is 4.31. The zero-order valence-electron chi connectivity index (χ0n) is 9.79. The van der Waals surface area contributed by atoms with Crippen LogP contribution in [0, 0.1) is 0 Å². The molecule has 3 N–H and O–H groups in total. The lowest BCUT2D eigenvalue weighted by molar-refractivity contribution is 0.0699. The van der Waals surface area contributed by atoms with E-state index in [4.69, 9.17) is 0 Å². The molecule has 0 saturated heterocycles. The van der Waals surface area contributed by atoms with Crippen LogP contribution in [0.5, 0.6) is 0 Å². The van der Waals surface area contributed by atoms with Crippen LogP contribution in [-0.2, 0) is 0 Å². The minimum atomic E-state index is -1.00. The molecule has 0 spiro atoms. The fraction of sp³-hybridized carbons (Fsp3) is 0. The van der Waals surface area contributed by atoms with Gasteiger partial charge in [0.2, 0.25) is 0 Å². The van der Waals surface area contributed by atoms with E-state index in [-0.39, 0.29) is 5.56 Å². The first-order chi connectivity index (χ1) is 9.09. The highest BCUT2D eigenvalue weighted by atomic mass is 16.5. The number of carbonyl (C=O) groups is 1. The molecule has 0 aliphatic carbocycles. The van der Waals surface area contributed by atoms with Crippen LogP contribution >= 0.6 is 0 Å². The first-order valence-corrected chi connectivity index (χ1v) is 5.69. The van der Waals surface area contributed by atoms with Gasteiger partial charge in [0.25, 0.3) is 5.95 Å². The van der Waals surface area contributed by atoms with Gasteiger partial charge in [0.05, 0.1) is 10.8 Å². The Hall–Kier alpha value is -2.75.